The second-order valence-electron chi connectivity index (χ2n) is 5.35. The summed E-state index contributed by atoms with van der Waals surface area (Å²) >= 11 is 4.92. The van der Waals surface area contributed by atoms with Crippen molar-refractivity contribution in [2.24, 2.45) is 13.0 Å². The number of halogens is 1. The van der Waals surface area contributed by atoms with Crippen LogP contribution in [0.15, 0.2) is 11.1 Å². The van der Waals surface area contributed by atoms with Crippen molar-refractivity contribution in [1.82, 2.24) is 15.1 Å². The van der Waals surface area contributed by atoms with Crippen LogP contribution in [-0.2, 0) is 18.2 Å². The predicted octanol–water partition coefficient (Wildman–Crippen LogP) is 1.96. The summed E-state index contributed by atoms with van der Waals surface area (Å²) in [5, 5.41) is 7.77. The van der Waals surface area contributed by atoms with Crippen molar-refractivity contribution >= 4 is 22.8 Å². The van der Waals surface area contributed by atoms with E-state index in [4.69, 9.17) is 11.6 Å². The first kappa shape index (κ1) is 14.2. The molecule has 1 aromatic heterocycles. The van der Waals surface area contributed by atoms with E-state index in [-0.39, 0.29) is 4.75 Å². The second-order valence-corrected chi connectivity index (χ2v) is 7.74. The Hall–Kier alpha value is -0.230. The predicted molar refractivity (Wildman–Crippen MR) is 74.3 cm³/mol. The van der Waals surface area contributed by atoms with Gasteiger partial charge in [-0.1, -0.05) is 11.6 Å². The van der Waals surface area contributed by atoms with Gasteiger partial charge in [0.25, 0.3) is 0 Å². The second kappa shape index (κ2) is 5.41. The molecule has 2 rings (SSSR count). The van der Waals surface area contributed by atoms with Crippen molar-refractivity contribution in [3.63, 3.8) is 0 Å². The molecule has 0 bridgehead atoms. The van der Waals surface area contributed by atoms with E-state index in [2.05, 4.69) is 24.3 Å². The van der Waals surface area contributed by atoms with Gasteiger partial charge in [-0.3, -0.25) is 4.68 Å². The highest BCUT2D eigenvalue weighted by Gasteiger charge is 2.43. The molecule has 1 N–H and O–H groups in total. The number of nitrogens with one attached hydrogen (secondary N) is 1. The average Bonchev–Trinajstić information content (AvgIpc) is 2.68. The lowest BCUT2D eigenvalue weighted by Crippen LogP contribution is -2.45. The Labute approximate surface area is 116 Å². The molecule has 1 aliphatic heterocycles. The van der Waals surface area contributed by atoms with E-state index in [1.54, 1.807) is 17.9 Å². The highest BCUT2D eigenvalue weighted by atomic mass is 35.5. The smallest absolute Gasteiger partial charge is 0.210 e. The summed E-state index contributed by atoms with van der Waals surface area (Å²) in [5.41, 5.74) is 0. The topological polar surface area (TPSA) is 52.9 Å². The first-order chi connectivity index (χ1) is 8.43. The molecule has 0 spiro atoms. The number of nitrogens with zero attached hydrogens (tertiary/aromatic N) is 2. The van der Waals surface area contributed by atoms with Crippen molar-refractivity contribution in [2.75, 3.05) is 13.1 Å². The Balaban J connectivity index is 2.20. The maximum Gasteiger partial charge on any atom is 0.210 e. The van der Waals surface area contributed by atoms with Gasteiger partial charge in [-0.05, 0) is 51.0 Å². The molecule has 2 heterocycles. The molecular weight excluding hydrogens is 270 g/mol. The number of hydrogen-bond acceptors (Lipinski definition) is 3. The van der Waals surface area contributed by atoms with Crippen LogP contribution >= 0.6 is 11.6 Å². The summed E-state index contributed by atoms with van der Waals surface area (Å²) in [6.07, 6.45) is 3.90. The fourth-order valence-electron chi connectivity index (χ4n) is 2.52. The molecule has 102 valence electrons. The zero-order valence-electron chi connectivity index (χ0n) is 11.1. The maximum atomic E-state index is 12.8. The molecule has 0 radical (unpaired) electrons. The van der Waals surface area contributed by atoms with Crippen LogP contribution in [0.3, 0.4) is 0 Å². The lowest BCUT2D eigenvalue weighted by Gasteiger charge is -2.37. The Kier molecular flexibility index (Phi) is 4.26. The summed E-state index contributed by atoms with van der Waals surface area (Å²) in [6.45, 7) is 6.16. The SMILES string of the molecule is Cn1cc([S+]([O-])C(C)(C)C2CCNCC2)c(Cl)n1. The molecule has 0 aliphatic carbocycles. The summed E-state index contributed by atoms with van der Waals surface area (Å²) in [5.74, 6) is 0.454. The lowest BCUT2D eigenvalue weighted by atomic mass is 9.86. The minimum atomic E-state index is -1.13. The standard InChI is InChI=1S/C12H20ClN3OS/c1-12(2,9-4-6-14-7-5-9)18(17)10-8-16(3)15-11(10)13/h8-9,14H,4-7H2,1-3H3. The number of rotatable bonds is 3. The van der Waals surface area contributed by atoms with Crippen molar-refractivity contribution in [3.05, 3.63) is 11.3 Å². The van der Waals surface area contributed by atoms with E-state index in [1.807, 2.05) is 0 Å². The summed E-state index contributed by atoms with van der Waals surface area (Å²) in [7, 11) is 1.80. The van der Waals surface area contributed by atoms with Gasteiger partial charge in [-0.25, -0.2) is 0 Å². The van der Waals surface area contributed by atoms with Crippen LogP contribution in [0.25, 0.3) is 0 Å². The largest absolute Gasteiger partial charge is 0.611 e. The lowest BCUT2D eigenvalue weighted by molar-refractivity contribution is 0.305. The van der Waals surface area contributed by atoms with Crippen LogP contribution in [0.2, 0.25) is 5.15 Å². The maximum absolute atomic E-state index is 12.8. The normalized spacial score (nSPS) is 20.1. The van der Waals surface area contributed by atoms with Crippen molar-refractivity contribution in [3.8, 4) is 0 Å². The number of piperidine rings is 1. The third-order valence-corrected chi connectivity index (χ3v) is 6.13. The zero-order valence-corrected chi connectivity index (χ0v) is 12.6. The molecule has 1 atom stereocenters. The molecule has 1 fully saturated rings. The molecule has 0 aromatic carbocycles. The molecule has 6 heteroatoms. The quantitative estimate of drug-likeness (QED) is 0.866. The molecule has 1 saturated heterocycles. The molecule has 0 saturated carbocycles. The number of aromatic nitrogens is 2. The first-order valence-electron chi connectivity index (χ1n) is 6.24. The van der Waals surface area contributed by atoms with E-state index in [9.17, 15) is 4.55 Å². The van der Waals surface area contributed by atoms with Crippen LogP contribution in [0, 0.1) is 5.92 Å². The van der Waals surface area contributed by atoms with Gasteiger partial charge in [0.1, 0.15) is 4.75 Å². The van der Waals surface area contributed by atoms with Gasteiger partial charge >= 0.3 is 0 Å². The van der Waals surface area contributed by atoms with Crippen LogP contribution in [-0.4, -0.2) is 32.2 Å². The van der Waals surface area contributed by atoms with E-state index >= 15 is 0 Å². The Morgan fingerprint density at radius 3 is 2.61 bits per heavy atom. The molecule has 1 aliphatic rings. The first-order valence-corrected chi connectivity index (χ1v) is 7.77. The van der Waals surface area contributed by atoms with Gasteiger partial charge in [0.15, 0.2) is 0 Å². The van der Waals surface area contributed by atoms with Gasteiger partial charge < -0.3 is 9.87 Å². The minimum Gasteiger partial charge on any atom is -0.611 e. The van der Waals surface area contributed by atoms with Crippen LogP contribution in [0.4, 0.5) is 0 Å². The summed E-state index contributed by atoms with van der Waals surface area (Å²) < 4.78 is 14.1. The molecule has 0 amide bonds. The third-order valence-electron chi connectivity index (χ3n) is 3.75. The van der Waals surface area contributed by atoms with Gasteiger partial charge in [0.05, 0.1) is 6.20 Å². The van der Waals surface area contributed by atoms with Crippen LogP contribution in [0.5, 0.6) is 0 Å². The van der Waals surface area contributed by atoms with Crippen LogP contribution < -0.4 is 5.32 Å². The van der Waals surface area contributed by atoms with Crippen molar-refractivity contribution in [2.45, 2.75) is 36.3 Å². The highest BCUT2D eigenvalue weighted by molar-refractivity contribution is 7.93. The van der Waals surface area contributed by atoms with Gasteiger partial charge in [-0.15, -0.1) is 0 Å². The highest BCUT2D eigenvalue weighted by Crippen LogP contribution is 2.38. The zero-order chi connectivity index (χ0) is 13.3. The Bertz CT molecular complexity index is 415. The fourth-order valence-corrected chi connectivity index (χ4v) is 4.44. The molecule has 18 heavy (non-hydrogen) atoms. The van der Waals surface area contributed by atoms with Gasteiger partial charge in [0.2, 0.25) is 10.0 Å². The fraction of sp³-hybridized carbons (Fsp3) is 0.750. The van der Waals surface area contributed by atoms with E-state index in [0.717, 1.165) is 25.9 Å². The van der Waals surface area contributed by atoms with Crippen molar-refractivity contribution < 1.29 is 4.55 Å². The number of aryl methyl sites for hydroxylation is 1. The van der Waals surface area contributed by atoms with Crippen molar-refractivity contribution in [1.29, 1.82) is 0 Å². The third kappa shape index (κ3) is 2.69. The molecular formula is C12H20ClN3OS. The Morgan fingerprint density at radius 1 is 1.50 bits per heavy atom. The molecule has 4 nitrogen and oxygen atoms in total. The molecule has 1 aromatic rings. The monoisotopic (exact) mass is 289 g/mol. The summed E-state index contributed by atoms with van der Waals surface area (Å²) in [6, 6.07) is 0. The molecule has 1 unspecified atom stereocenters. The minimum absolute atomic E-state index is 0.269. The van der Waals surface area contributed by atoms with Crippen LogP contribution in [0.1, 0.15) is 26.7 Å². The van der Waals surface area contributed by atoms with E-state index in [0.29, 0.717) is 16.0 Å². The summed E-state index contributed by atoms with van der Waals surface area (Å²) in [4.78, 5) is 0.655. The average molecular weight is 290 g/mol. The van der Waals surface area contributed by atoms with E-state index in [1.165, 1.54) is 0 Å². The Morgan fingerprint density at radius 2 is 2.11 bits per heavy atom. The van der Waals surface area contributed by atoms with Gasteiger partial charge in [0, 0.05) is 13.0 Å². The van der Waals surface area contributed by atoms with E-state index < -0.39 is 11.2 Å². The van der Waals surface area contributed by atoms with Gasteiger partial charge in [-0.2, -0.15) is 5.10 Å². The number of hydrogen-bond donors (Lipinski definition) is 1.